The summed E-state index contributed by atoms with van der Waals surface area (Å²) >= 11 is 0. The van der Waals surface area contributed by atoms with Crippen LogP contribution in [-0.2, 0) is 0 Å². The lowest BCUT2D eigenvalue weighted by atomic mass is 9.98. The molecule has 0 amide bonds. The Labute approximate surface area is 152 Å². The molecular weight excluding hydrogens is 320 g/mol. The molecule has 0 spiro atoms. The fourth-order valence-corrected chi connectivity index (χ4v) is 3.13. The molecule has 126 valence electrons. The molecule has 3 heteroatoms. The molecule has 3 nitrogen and oxygen atoms in total. The summed E-state index contributed by atoms with van der Waals surface area (Å²) in [5.41, 5.74) is 4.73. The third-order valence-corrected chi connectivity index (χ3v) is 4.43. The van der Waals surface area contributed by atoms with Crippen molar-refractivity contribution in [3.05, 3.63) is 108 Å². The monoisotopic (exact) mass is 338 g/mol. The second-order valence-electron chi connectivity index (χ2n) is 6.12. The van der Waals surface area contributed by atoms with Crippen LogP contribution in [0.15, 0.2) is 91.0 Å². The van der Waals surface area contributed by atoms with Crippen LogP contribution in [0.2, 0.25) is 0 Å². The van der Waals surface area contributed by atoms with Gasteiger partial charge >= 0.3 is 0 Å². The molecule has 0 aliphatic heterocycles. The van der Waals surface area contributed by atoms with Crippen LogP contribution < -0.4 is 0 Å². The average Bonchev–Trinajstić information content (AvgIpc) is 3.06. The molecule has 4 rings (SSSR count). The summed E-state index contributed by atoms with van der Waals surface area (Å²) in [7, 11) is 0. The fraction of sp³-hybridized carbons (Fsp3) is 0.0435. The predicted octanol–water partition coefficient (Wildman–Crippen LogP) is 5.08. The summed E-state index contributed by atoms with van der Waals surface area (Å²) < 4.78 is 1.85. The zero-order chi connectivity index (χ0) is 17.9. The standard InChI is InChI=1S/C23H18N2O/c1-17-21(23(26)19-13-7-3-8-14-19)22(18-11-5-2-6-12-18)24-25(17)20-15-9-4-10-16-20/h2-16H,1H3. The average molecular weight is 338 g/mol. The molecular formula is C23H18N2O. The van der Waals surface area contributed by atoms with E-state index in [1.807, 2.05) is 103 Å². The Morgan fingerprint density at radius 1 is 0.769 bits per heavy atom. The number of para-hydroxylation sites is 1. The van der Waals surface area contributed by atoms with Gasteiger partial charge in [-0.25, -0.2) is 4.68 Å². The minimum atomic E-state index is -0.0101. The van der Waals surface area contributed by atoms with Gasteiger partial charge in [-0.3, -0.25) is 4.79 Å². The van der Waals surface area contributed by atoms with Gasteiger partial charge in [0.2, 0.25) is 0 Å². The van der Waals surface area contributed by atoms with Crippen molar-refractivity contribution in [1.29, 1.82) is 0 Å². The van der Waals surface area contributed by atoms with Gasteiger partial charge in [0.15, 0.2) is 5.78 Å². The number of carbonyl (C=O) groups excluding carboxylic acids is 1. The molecule has 0 atom stereocenters. The third-order valence-electron chi connectivity index (χ3n) is 4.43. The highest BCUT2D eigenvalue weighted by Gasteiger charge is 2.23. The number of hydrogen-bond acceptors (Lipinski definition) is 2. The van der Waals surface area contributed by atoms with Crippen molar-refractivity contribution >= 4 is 5.78 Å². The van der Waals surface area contributed by atoms with Crippen LogP contribution in [0.25, 0.3) is 16.9 Å². The smallest absolute Gasteiger partial charge is 0.197 e. The molecule has 0 aliphatic rings. The van der Waals surface area contributed by atoms with Crippen molar-refractivity contribution in [2.45, 2.75) is 6.92 Å². The summed E-state index contributed by atoms with van der Waals surface area (Å²) in [6, 6.07) is 29.1. The van der Waals surface area contributed by atoms with Crippen LogP contribution in [0.3, 0.4) is 0 Å². The molecule has 26 heavy (non-hydrogen) atoms. The molecule has 0 bridgehead atoms. The molecule has 0 aliphatic carbocycles. The maximum atomic E-state index is 13.3. The van der Waals surface area contributed by atoms with E-state index in [-0.39, 0.29) is 5.78 Å². The van der Waals surface area contributed by atoms with E-state index in [4.69, 9.17) is 5.10 Å². The molecule has 3 aromatic carbocycles. The van der Waals surface area contributed by atoms with Crippen molar-refractivity contribution < 1.29 is 4.79 Å². The summed E-state index contributed by atoms with van der Waals surface area (Å²) in [6.45, 7) is 1.95. The van der Waals surface area contributed by atoms with Crippen LogP contribution in [-0.4, -0.2) is 15.6 Å². The molecule has 0 saturated heterocycles. The number of aromatic nitrogens is 2. The fourth-order valence-electron chi connectivity index (χ4n) is 3.13. The lowest BCUT2D eigenvalue weighted by Crippen LogP contribution is -2.05. The van der Waals surface area contributed by atoms with E-state index in [0.717, 1.165) is 16.9 Å². The van der Waals surface area contributed by atoms with Gasteiger partial charge in [0, 0.05) is 11.1 Å². The van der Waals surface area contributed by atoms with Crippen molar-refractivity contribution in [2.24, 2.45) is 0 Å². The first-order chi connectivity index (χ1) is 12.8. The summed E-state index contributed by atoms with van der Waals surface area (Å²) in [5.74, 6) is -0.0101. The van der Waals surface area contributed by atoms with Crippen molar-refractivity contribution in [3.63, 3.8) is 0 Å². The second-order valence-corrected chi connectivity index (χ2v) is 6.12. The van der Waals surface area contributed by atoms with Gasteiger partial charge in [0.25, 0.3) is 0 Å². The van der Waals surface area contributed by atoms with Gasteiger partial charge in [-0.05, 0) is 19.1 Å². The van der Waals surface area contributed by atoms with Gasteiger partial charge in [-0.2, -0.15) is 5.10 Å². The number of rotatable bonds is 4. The lowest BCUT2D eigenvalue weighted by Gasteiger charge is -2.05. The maximum absolute atomic E-state index is 13.3. The van der Waals surface area contributed by atoms with E-state index in [1.165, 1.54) is 0 Å². The van der Waals surface area contributed by atoms with Gasteiger partial charge in [0.05, 0.1) is 16.9 Å². The van der Waals surface area contributed by atoms with Crippen molar-refractivity contribution in [1.82, 2.24) is 9.78 Å². The maximum Gasteiger partial charge on any atom is 0.197 e. The minimum absolute atomic E-state index is 0.0101. The highest BCUT2D eigenvalue weighted by Crippen LogP contribution is 2.29. The number of carbonyl (C=O) groups is 1. The largest absolute Gasteiger partial charge is 0.288 e. The number of benzene rings is 3. The van der Waals surface area contributed by atoms with E-state index in [1.54, 1.807) is 0 Å². The van der Waals surface area contributed by atoms with Gasteiger partial charge < -0.3 is 0 Å². The van der Waals surface area contributed by atoms with Crippen LogP contribution in [0.1, 0.15) is 21.6 Å². The molecule has 0 N–H and O–H groups in total. The SMILES string of the molecule is Cc1c(C(=O)c2ccccc2)c(-c2ccccc2)nn1-c1ccccc1. The highest BCUT2D eigenvalue weighted by atomic mass is 16.1. The Morgan fingerprint density at radius 2 is 1.31 bits per heavy atom. The van der Waals surface area contributed by atoms with Crippen LogP contribution in [0.5, 0.6) is 0 Å². The zero-order valence-electron chi connectivity index (χ0n) is 14.5. The lowest BCUT2D eigenvalue weighted by molar-refractivity contribution is 0.103. The first-order valence-electron chi connectivity index (χ1n) is 8.56. The summed E-state index contributed by atoms with van der Waals surface area (Å²) in [6.07, 6.45) is 0. The quantitative estimate of drug-likeness (QED) is 0.486. The Kier molecular flexibility index (Phi) is 4.20. The third kappa shape index (κ3) is 2.84. The van der Waals surface area contributed by atoms with Crippen molar-refractivity contribution in [3.8, 4) is 16.9 Å². The van der Waals surface area contributed by atoms with Crippen LogP contribution in [0, 0.1) is 6.92 Å². The molecule has 0 radical (unpaired) electrons. The first kappa shape index (κ1) is 16.0. The Morgan fingerprint density at radius 3 is 1.92 bits per heavy atom. The van der Waals surface area contributed by atoms with Crippen LogP contribution in [0.4, 0.5) is 0 Å². The summed E-state index contributed by atoms with van der Waals surface area (Å²) in [5, 5.41) is 4.79. The number of nitrogens with zero attached hydrogens (tertiary/aromatic N) is 2. The van der Waals surface area contributed by atoms with E-state index in [2.05, 4.69) is 0 Å². The van der Waals surface area contributed by atoms with Gasteiger partial charge in [-0.15, -0.1) is 0 Å². The van der Waals surface area contributed by atoms with Crippen LogP contribution >= 0.6 is 0 Å². The molecule has 4 aromatic rings. The van der Waals surface area contributed by atoms with E-state index in [9.17, 15) is 4.79 Å². The summed E-state index contributed by atoms with van der Waals surface area (Å²) in [4.78, 5) is 13.3. The Bertz CT molecular complexity index is 1040. The molecule has 0 saturated carbocycles. The highest BCUT2D eigenvalue weighted by molar-refractivity contribution is 6.13. The van der Waals surface area contributed by atoms with E-state index in [0.29, 0.717) is 16.8 Å². The number of ketones is 1. The minimum Gasteiger partial charge on any atom is -0.288 e. The Hall–Kier alpha value is -3.46. The predicted molar refractivity (Wildman–Crippen MR) is 104 cm³/mol. The molecule has 0 fully saturated rings. The second kappa shape index (κ2) is 6.81. The topological polar surface area (TPSA) is 34.9 Å². The normalized spacial score (nSPS) is 10.7. The van der Waals surface area contributed by atoms with E-state index < -0.39 is 0 Å². The first-order valence-corrected chi connectivity index (χ1v) is 8.56. The molecule has 1 aromatic heterocycles. The number of hydrogen-bond donors (Lipinski definition) is 0. The van der Waals surface area contributed by atoms with Crippen molar-refractivity contribution in [2.75, 3.05) is 0 Å². The van der Waals surface area contributed by atoms with E-state index >= 15 is 0 Å². The molecule has 0 unspecified atom stereocenters. The van der Waals surface area contributed by atoms with Gasteiger partial charge in [0.1, 0.15) is 5.69 Å². The Balaban J connectivity index is 1.94. The van der Waals surface area contributed by atoms with Gasteiger partial charge in [-0.1, -0.05) is 78.9 Å². The molecule has 1 heterocycles. The zero-order valence-corrected chi connectivity index (χ0v) is 14.5.